The van der Waals surface area contributed by atoms with Gasteiger partial charge in [-0.3, -0.25) is 0 Å². The van der Waals surface area contributed by atoms with Crippen LogP contribution in [0.3, 0.4) is 0 Å². The number of carbonyl (C=O) groups excluding carboxylic acids is 1. The van der Waals surface area contributed by atoms with Crippen molar-refractivity contribution >= 4 is 5.97 Å². The maximum Gasteiger partial charge on any atom is 0.353 e. The third-order valence-corrected chi connectivity index (χ3v) is 3.01. The highest BCUT2D eigenvalue weighted by atomic mass is 16.5. The second-order valence-corrected chi connectivity index (χ2v) is 4.95. The van der Waals surface area contributed by atoms with Crippen LogP contribution in [0.4, 0.5) is 0 Å². The summed E-state index contributed by atoms with van der Waals surface area (Å²) >= 11 is 0. The predicted molar refractivity (Wildman–Crippen MR) is 76.4 cm³/mol. The summed E-state index contributed by atoms with van der Waals surface area (Å²) in [6.45, 7) is 6.41. The van der Waals surface area contributed by atoms with E-state index < -0.39 is 0 Å². The number of rotatable bonds is 11. The topological polar surface area (TPSA) is 29.5 Å². The fourth-order valence-electron chi connectivity index (χ4n) is 1.67. The quantitative estimate of drug-likeness (QED) is 0.320. The summed E-state index contributed by atoms with van der Waals surface area (Å²) in [7, 11) is 3.58. The van der Waals surface area contributed by atoms with Gasteiger partial charge < -0.3 is 9.64 Å². The van der Waals surface area contributed by atoms with Crippen LogP contribution in [0.15, 0.2) is 12.3 Å². The van der Waals surface area contributed by atoms with Gasteiger partial charge in [0.15, 0.2) is 0 Å². The average molecular weight is 255 g/mol. The number of hydrogen-bond donors (Lipinski definition) is 0. The lowest BCUT2D eigenvalue weighted by Gasteiger charge is -2.14. The molecule has 0 aliphatic carbocycles. The molecule has 0 saturated carbocycles. The van der Waals surface area contributed by atoms with Crippen LogP contribution in [0, 0.1) is 0 Å². The Morgan fingerprint density at radius 1 is 1.00 bits per heavy atom. The van der Waals surface area contributed by atoms with E-state index in [-0.39, 0.29) is 5.97 Å². The normalized spacial score (nSPS) is 10.2. The summed E-state index contributed by atoms with van der Waals surface area (Å²) in [4.78, 5) is 13.1. The predicted octanol–water partition coefficient (Wildman–Crippen LogP) is 3.75. The zero-order valence-corrected chi connectivity index (χ0v) is 12.3. The van der Waals surface area contributed by atoms with Gasteiger partial charge in [-0.15, -0.1) is 0 Å². The van der Waals surface area contributed by atoms with Gasteiger partial charge in [0.25, 0.3) is 0 Å². The molecule has 0 saturated heterocycles. The van der Waals surface area contributed by atoms with Gasteiger partial charge in [-0.25, -0.2) is 4.79 Å². The lowest BCUT2D eigenvalue weighted by atomic mass is 10.1. The standard InChI is InChI=1S/C15H29NO2/c1-5-6-7-8-9-10-11-12-13-18-15(17)14(2)16(3)4/h2,5-13H2,1,3-4H3. The van der Waals surface area contributed by atoms with E-state index in [9.17, 15) is 4.79 Å². The fourth-order valence-corrected chi connectivity index (χ4v) is 1.67. The van der Waals surface area contributed by atoms with Crippen molar-refractivity contribution in [2.45, 2.75) is 58.3 Å². The first-order valence-electron chi connectivity index (χ1n) is 7.13. The number of hydrogen-bond acceptors (Lipinski definition) is 3. The molecule has 0 bridgehead atoms. The number of esters is 1. The molecule has 0 aliphatic heterocycles. The van der Waals surface area contributed by atoms with Crippen molar-refractivity contribution in [2.24, 2.45) is 0 Å². The van der Waals surface area contributed by atoms with Crippen LogP contribution in [0.25, 0.3) is 0 Å². The van der Waals surface area contributed by atoms with Crippen molar-refractivity contribution in [1.29, 1.82) is 0 Å². The Balaban J connectivity index is 3.30. The van der Waals surface area contributed by atoms with Gasteiger partial charge in [0, 0.05) is 14.1 Å². The van der Waals surface area contributed by atoms with Crippen molar-refractivity contribution in [3.05, 3.63) is 12.3 Å². The first kappa shape index (κ1) is 17.0. The number of unbranched alkanes of at least 4 members (excludes halogenated alkanes) is 7. The Bertz CT molecular complexity index is 237. The highest BCUT2D eigenvalue weighted by Gasteiger charge is 2.09. The van der Waals surface area contributed by atoms with E-state index >= 15 is 0 Å². The molecule has 0 spiro atoms. The lowest BCUT2D eigenvalue weighted by Crippen LogP contribution is -2.20. The molecule has 0 aromatic heterocycles. The second-order valence-electron chi connectivity index (χ2n) is 4.95. The van der Waals surface area contributed by atoms with Crippen LogP contribution in [0.1, 0.15) is 58.3 Å². The molecule has 0 aromatic carbocycles. The third-order valence-electron chi connectivity index (χ3n) is 3.01. The molecule has 0 atom stereocenters. The highest BCUT2D eigenvalue weighted by molar-refractivity contribution is 5.86. The van der Waals surface area contributed by atoms with Gasteiger partial charge in [0.05, 0.1) is 6.61 Å². The van der Waals surface area contributed by atoms with Crippen molar-refractivity contribution in [3.8, 4) is 0 Å². The molecule has 0 unspecified atom stereocenters. The molecule has 0 fully saturated rings. The average Bonchev–Trinajstić information content (AvgIpc) is 2.35. The van der Waals surface area contributed by atoms with Gasteiger partial charge in [-0.05, 0) is 6.42 Å². The molecule has 3 nitrogen and oxygen atoms in total. The Morgan fingerprint density at radius 2 is 1.50 bits per heavy atom. The smallest absolute Gasteiger partial charge is 0.353 e. The second kappa shape index (κ2) is 11.1. The van der Waals surface area contributed by atoms with Gasteiger partial charge in [-0.2, -0.15) is 0 Å². The first-order valence-corrected chi connectivity index (χ1v) is 7.13. The van der Waals surface area contributed by atoms with Crippen molar-refractivity contribution in [1.82, 2.24) is 4.90 Å². The number of ether oxygens (including phenoxy) is 1. The van der Waals surface area contributed by atoms with Crippen LogP contribution >= 0.6 is 0 Å². The summed E-state index contributed by atoms with van der Waals surface area (Å²) in [5.74, 6) is -0.303. The monoisotopic (exact) mass is 255 g/mol. The van der Waals surface area contributed by atoms with Crippen molar-refractivity contribution in [2.75, 3.05) is 20.7 Å². The maximum atomic E-state index is 11.4. The molecule has 0 aromatic rings. The molecule has 0 aliphatic rings. The molecular formula is C15H29NO2. The van der Waals surface area contributed by atoms with Crippen LogP contribution in [-0.4, -0.2) is 31.6 Å². The van der Waals surface area contributed by atoms with Crippen LogP contribution in [-0.2, 0) is 9.53 Å². The van der Waals surface area contributed by atoms with Gasteiger partial charge in [0.2, 0.25) is 0 Å². The summed E-state index contributed by atoms with van der Waals surface area (Å²) in [6.07, 6.45) is 10.00. The van der Waals surface area contributed by atoms with Crippen molar-refractivity contribution < 1.29 is 9.53 Å². The van der Waals surface area contributed by atoms with Gasteiger partial charge in [0.1, 0.15) is 5.70 Å². The summed E-state index contributed by atoms with van der Waals surface area (Å²) in [5.41, 5.74) is 0.412. The van der Waals surface area contributed by atoms with E-state index in [0.29, 0.717) is 12.3 Å². The highest BCUT2D eigenvalue weighted by Crippen LogP contribution is 2.08. The third kappa shape index (κ3) is 9.08. The van der Waals surface area contributed by atoms with Crippen LogP contribution in [0.2, 0.25) is 0 Å². The summed E-state index contributed by atoms with van der Waals surface area (Å²) in [6, 6.07) is 0. The molecule has 0 rings (SSSR count). The Hall–Kier alpha value is -0.990. The van der Waals surface area contributed by atoms with E-state index in [0.717, 1.165) is 12.8 Å². The number of nitrogens with zero attached hydrogens (tertiary/aromatic N) is 1. The lowest BCUT2D eigenvalue weighted by molar-refractivity contribution is -0.140. The minimum absolute atomic E-state index is 0.303. The van der Waals surface area contributed by atoms with Gasteiger partial charge >= 0.3 is 5.97 Å². The van der Waals surface area contributed by atoms with Crippen molar-refractivity contribution in [3.63, 3.8) is 0 Å². The minimum atomic E-state index is -0.303. The fraction of sp³-hybridized carbons (Fsp3) is 0.800. The van der Waals surface area contributed by atoms with E-state index in [1.165, 1.54) is 38.5 Å². The molecule has 0 N–H and O–H groups in total. The molecule has 0 heterocycles. The molecule has 18 heavy (non-hydrogen) atoms. The molecule has 0 radical (unpaired) electrons. The zero-order chi connectivity index (χ0) is 13.8. The number of carbonyl (C=O) groups is 1. The van der Waals surface area contributed by atoms with Gasteiger partial charge in [-0.1, -0.05) is 58.4 Å². The van der Waals surface area contributed by atoms with Crippen LogP contribution in [0.5, 0.6) is 0 Å². The first-order chi connectivity index (χ1) is 8.59. The Morgan fingerprint density at radius 3 is 2.00 bits per heavy atom. The largest absolute Gasteiger partial charge is 0.461 e. The number of likely N-dealkylation sites (N-methyl/N-ethyl adjacent to an activating group) is 1. The zero-order valence-electron chi connectivity index (χ0n) is 12.3. The Kier molecular flexibility index (Phi) is 10.5. The minimum Gasteiger partial charge on any atom is -0.461 e. The molecular weight excluding hydrogens is 226 g/mol. The summed E-state index contributed by atoms with van der Waals surface area (Å²) < 4.78 is 5.13. The molecule has 106 valence electrons. The summed E-state index contributed by atoms with van der Waals surface area (Å²) in [5, 5.41) is 0. The van der Waals surface area contributed by atoms with E-state index in [1.54, 1.807) is 19.0 Å². The van der Waals surface area contributed by atoms with E-state index in [2.05, 4.69) is 13.5 Å². The SMILES string of the molecule is C=C(C(=O)OCCCCCCCCCC)N(C)C. The maximum absolute atomic E-state index is 11.4. The molecule has 3 heteroatoms. The Labute approximate surface area is 112 Å². The molecule has 0 amide bonds. The van der Waals surface area contributed by atoms with E-state index in [4.69, 9.17) is 4.74 Å². The van der Waals surface area contributed by atoms with Crippen LogP contribution < -0.4 is 0 Å². The van der Waals surface area contributed by atoms with E-state index in [1.807, 2.05) is 0 Å².